The molecule has 1 rings (SSSR count). The average Bonchev–Trinajstić information content (AvgIpc) is 2.39. The third kappa shape index (κ3) is 6.25. The Kier molecular flexibility index (Phi) is 6.97. The molecule has 0 atom stereocenters. The third-order valence-electron chi connectivity index (χ3n) is 3.01. The Hall–Kier alpha value is -1.55. The zero-order valence-electron chi connectivity index (χ0n) is 12.5. The lowest BCUT2D eigenvalue weighted by molar-refractivity contribution is 0.399. The molecule has 0 heterocycles. The maximum Gasteiger partial charge on any atom is 0.191 e. The number of aliphatic imine (C=N–C) groups is 1. The molecule has 0 aromatic heterocycles. The van der Waals surface area contributed by atoms with E-state index in [4.69, 9.17) is 0 Å². The Morgan fingerprint density at radius 2 is 1.95 bits per heavy atom. The van der Waals surface area contributed by atoms with Crippen molar-refractivity contribution in [2.75, 3.05) is 34.2 Å². The molecule has 0 aliphatic carbocycles. The van der Waals surface area contributed by atoms with E-state index in [9.17, 15) is 0 Å². The first kappa shape index (κ1) is 15.5. The van der Waals surface area contributed by atoms with Gasteiger partial charge in [-0.05, 0) is 45.1 Å². The molecular weight excluding hydrogens is 236 g/mol. The van der Waals surface area contributed by atoms with Crippen molar-refractivity contribution < 1.29 is 0 Å². The van der Waals surface area contributed by atoms with Crippen molar-refractivity contribution >= 4 is 5.96 Å². The number of rotatable bonds is 6. The quantitative estimate of drug-likeness (QED) is 0.465. The smallest absolute Gasteiger partial charge is 0.191 e. The number of guanidine groups is 1. The van der Waals surface area contributed by atoms with Gasteiger partial charge in [0.2, 0.25) is 0 Å². The van der Waals surface area contributed by atoms with Gasteiger partial charge in [-0.2, -0.15) is 0 Å². The van der Waals surface area contributed by atoms with E-state index in [1.54, 1.807) is 7.05 Å². The van der Waals surface area contributed by atoms with Gasteiger partial charge in [0.1, 0.15) is 0 Å². The highest BCUT2D eigenvalue weighted by Gasteiger charge is 2.00. The molecule has 1 aromatic carbocycles. The number of benzene rings is 1. The van der Waals surface area contributed by atoms with Gasteiger partial charge in [0, 0.05) is 20.1 Å². The van der Waals surface area contributed by atoms with Crippen LogP contribution in [0.3, 0.4) is 0 Å². The molecule has 4 nitrogen and oxygen atoms in total. The van der Waals surface area contributed by atoms with Crippen LogP contribution in [0.2, 0.25) is 0 Å². The fourth-order valence-electron chi connectivity index (χ4n) is 1.81. The van der Waals surface area contributed by atoms with Gasteiger partial charge >= 0.3 is 0 Å². The van der Waals surface area contributed by atoms with Crippen molar-refractivity contribution in [1.82, 2.24) is 15.5 Å². The average molecular weight is 262 g/mol. The van der Waals surface area contributed by atoms with Crippen molar-refractivity contribution in [3.05, 3.63) is 35.4 Å². The summed E-state index contributed by atoms with van der Waals surface area (Å²) in [5.74, 6) is 0.863. The van der Waals surface area contributed by atoms with Gasteiger partial charge in [0.25, 0.3) is 0 Å². The zero-order valence-corrected chi connectivity index (χ0v) is 12.5. The minimum atomic E-state index is 0.806. The molecule has 0 radical (unpaired) electrons. The van der Waals surface area contributed by atoms with Crippen molar-refractivity contribution in [2.24, 2.45) is 4.99 Å². The van der Waals surface area contributed by atoms with Crippen LogP contribution in [-0.2, 0) is 6.54 Å². The zero-order chi connectivity index (χ0) is 14.1. The van der Waals surface area contributed by atoms with Gasteiger partial charge in [0.05, 0.1) is 0 Å². The van der Waals surface area contributed by atoms with Gasteiger partial charge in [-0.3, -0.25) is 4.99 Å². The van der Waals surface area contributed by atoms with Crippen LogP contribution in [0, 0.1) is 6.92 Å². The number of hydrogen-bond acceptors (Lipinski definition) is 2. The first-order valence-electron chi connectivity index (χ1n) is 6.77. The molecule has 0 saturated heterocycles. The molecule has 0 aliphatic heterocycles. The summed E-state index contributed by atoms with van der Waals surface area (Å²) in [5, 5.41) is 6.67. The van der Waals surface area contributed by atoms with Gasteiger partial charge in [-0.1, -0.05) is 24.3 Å². The first-order valence-corrected chi connectivity index (χ1v) is 6.77. The molecule has 4 heteroatoms. The summed E-state index contributed by atoms with van der Waals surface area (Å²) in [5.41, 5.74) is 2.61. The molecule has 0 amide bonds. The van der Waals surface area contributed by atoms with Crippen LogP contribution in [0.15, 0.2) is 29.3 Å². The molecule has 0 bridgehead atoms. The highest BCUT2D eigenvalue weighted by molar-refractivity contribution is 5.79. The lowest BCUT2D eigenvalue weighted by Gasteiger charge is -2.14. The standard InChI is InChI=1S/C15H26N4/c1-13-8-5-6-9-14(13)12-18-15(16-2)17-10-7-11-19(3)4/h5-6,8-9H,7,10-12H2,1-4H3,(H2,16,17,18). The molecule has 0 fully saturated rings. The number of hydrogen-bond donors (Lipinski definition) is 2. The van der Waals surface area contributed by atoms with E-state index in [0.29, 0.717) is 0 Å². The monoisotopic (exact) mass is 262 g/mol. The maximum absolute atomic E-state index is 4.23. The largest absolute Gasteiger partial charge is 0.356 e. The van der Waals surface area contributed by atoms with Crippen LogP contribution in [0.4, 0.5) is 0 Å². The summed E-state index contributed by atoms with van der Waals surface area (Å²) in [6.07, 6.45) is 1.11. The molecule has 0 saturated carbocycles. The Bertz CT molecular complexity index is 399. The summed E-state index contributed by atoms with van der Waals surface area (Å²) in [6, 6.07) is 8.40. The second kappa shape index (κ2) is 8.53. The summed E-state index contributed by atoms with van der Waals surface area (Å²) in [7, 11) is 5.98. The Morgan fingerprint density at radius 3 is 2.58 bits per heavy atom. The van der Waals surface area contributed by atoms with E-state index >= 15 is 0 Å². The van der Waals surface area contributed by atoms with E-state index in [1.807, 2.05) is 0 Å². The van der Waals surface area contributed by atoms with Crippen LogP contribution in [0.25, 0.3) is 0 Å². The van der Waals surface area contributed by atoms with Crippen LogP contribution in [-0.4, -0.2) is 45.1 Å². The van der Waals surface area contributed by atoms with Gasteiger partial charge in [-0.25, -0.2) is 0 Å². The van der Waals surface area contributed by atoms with Crippen LogP contribution in [0.1, 0.15) is 17.5 Å². The Labute approximate surface area is 116 Å². The topological polar surface area (TPSA) is 39.7 Å². The van der Waals surface area contributed by atoms with E-state index < -0.39 is 0 Å². The van der Waals surface area contributed by atoms with E-state index in [-0.39, 0.29) is 0 Å². The van der Waals surface area contributed by atoms with Gasteiger partial charge < -0.3 is 15.5 Å². The fraction of sp³-hybridized carbons (Fsp3) is 0.533. The van der Waals surface area contributed by atoms with Crippen LogP contribution >= 0.6 is 0 Å². The highest BCUT2D eigenvalue weighted by atomic mass is 15.2. The normalized spacial score (nSPS) is 11.7. The van der Waals surface area contributed by atoms with Crippen molar-refractivity contribution in [2.45, 2.75) is 19.9 Å². The third-order valence-corrected chi connectivity index (χ3v) is 3.01. The summed E-state index contributed by atoms with van der Waals surface area (Å²) in [4.78, 5) is 6.42. The lowest BCUT2D eigenvalue weighted by atomic mass is 10.1. The molecule has 0 aliphatic rings. The summed E-state index contributed by atoms with van der Waals surface area (Å²) >= 11 is 0. The Morgan fingerprint density at radius 1 is 1.21 bits per heavy atom. The number of aryl methyl sites for hydroxylation is 1. The second-order valence-corrected chi connectivity index (χ2v) is 4.94. The molecule has 0 spiro atoms. The fourth-order valence-corrected chi connectivity index (χ4v) is 1.81. The Balaban J connectivity index is 2.32. The molecule has 19 heavy (non-hydrogen) atoms. The van der Waals surface area contributed by atoms with Crippen molar-refractivity contribution in [3.8, 4) is 0 Å². The molecule has 0 unspecified atom stereocenters. The number of nitrogens with one attached hydrogen (secondary N) is 2. The maximum atomic E-state index is 4.23. The van der Waals surface area contributed by atoms with E-state index in [2.05, 4.69) is 65.8 Å². The summed E-state index contributed by atoms with van der Waals surface area (Å²) in [6.45, 7) is 4.96. The molecule has 1 aromatic rings. The number of nitrogens with zero attached hydrogens (tertiary/aromatic N) is 2. The van der Waals surface area contributed by atoms with E-state index in [1.165, 1.54) is 11.1 Å². The minimum absolute atomic E-state index is 0.806. The minimum Gasteiger partial charge on any atom is -0.356 e. The van der Waals surface area contributed by atoms with Gasteiger partial charge in [-0.15, -0.1) is 0 Å². The van der Waals surface area contributed by atoms with Crippen LogP contribution < -0.4 is 10.6 Å². The van der Waals surface area contributed by atoms with Crippen LogP contribution in [0.5, 0.6) is 0 Å². The molecular formula is C15H26N4. The summed E-state index contributed by atoms with van der Waals surface area (Å²) < 4.78 is 0. The predicted molar refractivity (Wildman–Crippen MR) is 82.6 cm³/mol. The lowest BCUT2D eigenvalue weighted by Crippen LogP contribution is -2.38. The predicted octanol–water partition coefficient (Wildman–Crippen LogP) is 1.61. The molecule has 106 valence electrons. The first-order chi connectivity index (χ1) is 9.13. The van der Waals surface area contributed by atoms with E-state index in [0.717, 1.165) is 32.0 Å². The second-order valence-electron chi connectivity index (χ2n) is 4.94. The highest BCUT2D eigenvalue weighted by Crippen LogP contribution is 2.05. The SMILES string of the molecule is CN=C(NCCCN(C)C)NCc1ccccc1C. The van der Waals surface area contributed by atoms with Crippen molar-refractivity contribution in [1.29, 1.82) is 0 Å². The van der Waals surface area contributed by atoms with Gasteiger partial charge in [0.15, 0.2) is 5.96 Å². The molecule has 2 N–H and O–H groups in total. The van der Waals surface area contributed by atoms with Crippen molar-refractivity contribution in [3.63, 3.8) is 0 Å².